The van der Waals surface area contributed by atoms with Crippen LogP contribution < -0.4 is 0 Å². The number of methoxy groups -OCH3 is 1. The second kappa shape index (κ2) is 5.95. The molecule has 3 nitrogen and oxygen atoms in total. The third-order valence-corrected chi connectivity index (χ3v) is 3.57. The number of halogens is 4. The number of hydrogen-bond acceptors (Lipinski definition) is 3. The topological polar surface area (TPSA) is 39.2 Å². The predicted molar refractivity (Wildman–Crippen MR) is 76.0 cm³/mol. The molecular weight excluding hydrogens is 328 g/mol. The molecule has 0 unspecified atom stereocenters. The highest BCUT2D eigenvalue weighted by Crippen LogP contribution is 2.34. The molecule has 20 heavy (non-hydrogen) atoms. The van der Waals surface area contributed by atoms with E-state index in [9.17, 15) is 9.18 Å². The zero-order valence-electron chi connectivity index (χ0n) is 10.1. The smallest absolute Gasteiger partial charge is 0.342 e. The van der Waals surface area contributed by atoms with E-state index < -0.39 is 11.9 Å². The molecule has 0 amide bonds. The second-order valence-electron chi connectivity index (χ2n) is 3.77. The molecule has 1 heterocycles. The van der Waals surface area contributed by atoms with Crippen LogP contribution in [0.15, 0.2) is 24.3 Å². The average molecular weight is 335 g/mol. The Morgan fingerprint density at radius 3 is 2.40 bits per heavy atom. The summed E-state index contributed by atoms with van der Waals surface area (Å²) in [4.78, 5) is 15.0. The Balaban J connectivity index is 2.52. The first-order chi connectivity index (χ1) is 9.43. The number of esters is 1. The fourth-order valence-electron chi connectivity index (χ4n) is 1.57. The molecule has 0 spiro atoms. The summed E-state index contributed by atoms with van der Waals surface area (Å²) in [6, 6.07) is 5.63. The Bertz CT molecular complexity index is 692. The van der Waals surface area contributed by atoms with Gasteiger partial charge in [-0.1, -0.05) is 34.8 Å². The molecule has 0 aliphatic carbocycles. The molecule has 2 rings (SSSR count). The van der Waals surface area contributed by atoms with Gasteiger partial charge in [0.2, 0.25) is 5.95 Å². The lowest BCUT2D eigenvalue weighted by molar-refractivity contribution is 0.0594. The van der Waals surface area contributed by atoms with Crippen molar-refractivity contribution in [1.29, 1.82) is 0 Å². The van der Waals surface area contributed by atoms with E-state index in [1.54, 1.807) is 0 Å². The van der Waals surface area contributed by atoms with Crippen molar-refractivity contribution in [3.05, 3.63) is 50.8 Å². The standard InChI is InChI=1S/C13H7Cl3FNO2/c1-20-13(19)6-2-3-11(18-12(6)17)7-4-9(15)10(16)5-8(7)14/h2-5H,1H3. The normalized spacial score (nSPS) is 10.4. The van der Waals surface area contributed by atoms with Crippen LogP contribution in [0.4, 0.5) is 4.39 Å². The van der Waals surface area contributed by atoms with Crippen LogP contribution in [-0.4, -0.2) is 18.1 Å². The molecule has 0 atom stereocenters. The molecule has 104 valence electrons. The first-order valence-electron chi connectivity index (χ1n) is 5.34. The van der Waals surface area contributed by atoms with Gasteiger partial charge in [0.1, 0.15) is 5.56 Å². The van der Waals surface area contributed by atoms with Gasteiger partial charge in [-0.25, -0.2) is 9.78 Å². The highest BCUT2D eigenvalue weighted by Gasteiger charge is 2.16. The maximum atomic E-state index is 13.8. The Morgan fingerprint density at radius 2 is 1.80 bits per heavy atom. The van der Waals surface area contributed by atoms with Gasteiger partial charge in [0.05, 0.1) is 27.9 Å². The Hall–Kier alpha value is -1.36. The predicted octanol–water partition coefficient (Wildman–Crippen LogP) is 4.63. The minimum Gasteiger partial charge on any atom is -0.465 e. The van der Waals surface area contributed by atoms with E-state index >= 15 is 0 Å². The second-order valence-corrected chi connectivity index (χ2v) is 4.99. The number of ether oxygens (including phenoxy) is 1. The van der Waals surface area contributed by atoms with Gasteiger partial charge in [-0.05, 0) is 24.3 Å². The maximum absolute atomic E-state index is 13.8. The summed E-state index contributed by atoms with van der Waals surface area (Å²) in [5.41, 5.74) is 0.391. The van der Waals surface area contributed by atoms with Crippen molar-refractivity contribution >= 4 is 40.8 Å². The van der Waals surface area contributed by atoms with Crippen molar-refractivity contribution in [2.75, 3.05) is 7.11 Å². The molecule has 0 saturated carbocycles. The van der Waals surface area contributed by atoms with Crippen molar-refractivity contribution in [2.24, 2.45) is 0 Å². The van der Waals surface area contributed by atoms with E-state index in [0.29, 0.717) is 5.56 Å². The minimum atomic E-state index is -0.948. The molecule has 0 fully saturated rings. The van der Waals surface area contributed by atoms with Gasteiger partial charge in [0, 0.05) is 5.56 Å². The fraction of sp³-hybridized carbons (Fsp3) is 0.0769. The van der Waals surface area contributed by atoms with E-state index in [0.717, 1.165) is 7.11 Å². The van der Waals surface area contributed by atoms with Crippen LogP contribution in [0.2, 0.25) is 15.1 Å². The molecule has 0 bridgehead atoms. The number of carbonyl (C=O) groups excluding carboxylic acids is 1. The summed E-state index contributed by atoms with van der Waals surface area (Å²) >= 11 is 17.7. The van der Waals surface area contributed by atoms with E-state index in [1.807, 2.05) is 0 Å². The summed E-state index contributed by atoms with van der Waals surface area (Å²) in [6.45, 7) is 0. The highest BCUT2D eigenvalue weighted by molar-refractivity contribution is 6.44. The van der Waals surface area contributed by atoms with Crippen LogP contribution in [0.25, 0.3) is 11.3 Å². The fourth-order valence-corrected chi connectivity index (χ4v) is 2.21. The van der Waals surface area contributed by atoms with Gasteiger partial charge < -0.3 is 4.74 Å². The van der Waals surface area contributed by atoms with Crippen LogP contribution in [0.3, 0.4) is 0 Å². The number of aromatic nitrogens is 1. The average Bonchev–Trinajstić information content (AvgIpc) is 2.42. The molecule has 0 radical (unpaired) electrons. The van der Waals surface area contributed by atoms with Crippen molar-refractivity contribution in [3.8, 4) is 11.3 Å². The highest BCUT2D eigenvalue weighted by atomic mass is 35.5. The summed E-state index contributed by atoms with van der Waals surface area (Å²) in [5, 5.41) is 0.828. The van der Waals surface area contributed by atoms with Crippen LogP contribution >= 0.6 is 34.8 Å². The van der Waals surface area contributed by atoms with Crippen molar-refractivity contribution in [1.82, 2.24) is 4.98 Å². The third-order valence-electron chi connectivity index (χ3n) is 2.54. The molecule has 1 aromatic carbocycles. The monoisotopic (exact) mass is 333 g/mol. The summed E-state index contributed by atoms with van der Waals surface area (Å²) in [6.07, 6.45) is 0. The SMILES string of the molecule is COC(=O)c1ccc(-c2cc(Cl)c(Cl)cc2Cl)nc1F. The largest absolute Gasteiger partial charge is 0.465 e. The molecule has 0 saturated heterocycles. The van der Waals surface area contributed by atoms with Crippen LogP contribution in [-0.2, 0) is 4.74 Å². The number of carbonyl (C=O) groups is 1. The molecule has 0 N–H and O–H groups in total. The van der Waals surface area contributed by atoms with Crippen molar-refractivity contribution in [2.45, 2.75) is 0 Å². The van der Waals surface area contributed by atoms with E-state index in [1.165, 1.54) is 24.3 Å². The number of pyridine rings is 1. The van der Waals surface area contributed by atoms with Crippen molar-refractivity contribution in [3.63, 3.8) is 0 Å². The van der Waals surface area contributed by atoms with Crippen LogP contribution in [0.1, 0.15) is 10.4 Å². The molecule has 2 aromatic rings. The lowest BCUT2D eigenvalue weighted by Gasteiger charge is -2.07. The van der Waals surface area contributed by atoms with Gasteiger partial charge in [0.15, 0.2) is 0 Å². The lowest BCUT2D eigenvalue weighted by Crippen LogP contribution is -2.06. The van der Waals surface area contributed by atoms with Gasteiger partial charge in [-0.2, -0.15) is 4.39 Å². The number of rotatable bonds is 2. The first-order valence-corrected chi connectivity index (χ1v) is 6.47. The van der Waals surface area contributed by atoms with Gasteiger partial charge in [0.25, 0.3) is 0 Å². The number of hydrogen-bond donors (Lipinski definition) is 0. The quantitative estimate of drug-likeness (QED) is 0.456. The Kier molecular flexibility index (Phi) is 4.48. The van der Waals surface area contributed by atoms with Crippen LogP contribution in [0.5, 0.6) is 0 Å². The molecule has 1 aromatic heterocycles. The van der Waals surface area contributed by atoms with Gasteiger partial charge >= 0.3 is 5.97 Å². The van der Waals surface area contributed by atoms with Gasteiger partial charge in [-0.15, -0.1) is 0 Å². The van der Waals surface area contributed by atoms with E-state index in [-0.39, 0.29) is 26.3 Å². The van der Waals surface area contributed by atoms with Crippen LogP contribution in [0, 0.1) is 5.95 Å². The first kappa shape index (κ1) is 15.0. The van der Waals surface area contributed by atoms with Crippen molar-refractivity contribution < 1.29 is 13.9 Å². The Morgan fingerprint density at radius 1 is 1.15 bits per heavy atom. The molecule has 0 aliphatic rings. The zero-order chi connectivity index (χ0) is 14.9. The number of nitrogens with zero attached hydrogens (tertiary/aromatic N) is 1. The van der Waals surface area contributed by atoms with Gasteiger partial charge in [-0.3, -0.25) is 0 Å². The molecular formula is C13H7Cl3FNO2. The van der Waals surface area contributed by atoms with E-state index in [2.05, 4.69) is 9.72 Å². The number of benzene rings is 1. The molecule has 7 heteroatoms. The minimum absolute atomic E-state index is 0.235. The summed E-state index contributed by atoms with van der Waals surface area (Å²) in [5.74, 6) is -1.75. The van der Waals surface area contributed by atoms with E-state index in [4.69, 9.17) is 34.8 Å². The Labute approximate surface area is 129 Å². The lowest BCUT2D eigenvalue weighted by atomic mass is 10.1. The summed E-state index contributed by atoms with van der Waals surface area (Å²) < 4.78 is 18.2. The zero-order valence-corrected chi connectivity index (χ0v) is 12.4. The third kappa shape index (κ3) is 2.87. The summed E-state index contributed by atoms with van der Waals surface area (Å²) in [7, 11) is 1.16. The molecule has 0 aliphatic heterocycles. The maximum Gasteiger partial charge on any atom is 0.342 e.